The Balaban J connectivity index is 2.56. The second-order valence-corrected chi connectivity index (χ2v) is 3.45. The van der Waals surface area contributed by atoms with Gasteiger partial charge in [0, 0.05) is 0 Å². The highest BCUT2D eigenvalue weighted by Gasteiger charge is 2.37. The first-order chi connectivity index (χ1) is 4.73. The zero-order valence-corrected chi connectivity index (χ0v) is 7.06. The third-order valence-electron chi connectivity index (χ3n) is 3.03. The van der Waals surface area contributed by atoms with Crippen LogP contribution in [-0.4, -0.2) is 10.7 Å². The van der Waals surface area contributed by atoms with E-state index in [1.54, 1.807) is 0 Å². The standard InChI is InChI=1S/C9H18O/c1-3-8-6-5-7-9(8,10)4-2/h8,10H,3-7H2,1-2H3. The molecule has 0 amide bonds. The second-order valence-electron chi connectivity index (χ2n) is 3.45. The predicted molar refractivity (Wildman–Crippen MR) is 42.9 cm³/mol. The average Bonchev–Trinajstić information content (AvgIpc) is 2.32. The summed E-state index contributed by atoms with van der Waals surface area (Å²) in [5, 5.41) is 9.96. The molecule has 0 aromatic rings. The van der Waals surface area contributed by atoms with Gasteiger partial charge >= 0.3 is 0 Å². The van der Waals surface area contributed by atoms with Crippen molar-refractivity contribution in [3.05, 3.63) is 0 Å². The van der Waals surface area contributed by atoms with Gasteiger partial charge in [0.25, 0.3) is 0 Å². The molecule has 0 aromatic heterocycles. The lowest BCUT2D eigenvalue weighted by atomic mass is 9.87. The van der Waals surface area contributed by atoms with Crippen molar-refractivity contribution in [1.29, 1.82) is 0 Å². The summed E-state index contributed by atoms with van der Waals surface area (Å²) in [6, 6.07) is 0. The summed E-state index contributed by atoms with van der Waals surface area (Å²) in [6.07, 6.45) is 5.57. The third-order valence-corrected chi connectivity index (χ3v) is 3.03. The topological polar surface area (TPSA) is 20.2 Å². The monoisotopic (exact) mass is 142 g/mol. The van der Waals surface area contributed by atoms with Gasteiger partial charge in [-0.1, -0.05) is 26.7 Å². The van der Waals surface area contributed by atoms with Crippen LogP contribution in [0.15, 0.2) is 0 Å². The van der Waals surface area contributed by atoms with E-state index in [1.807, 2.05) is 0 Å². The van der Waals surface area contributed by atoms with Crippen molar-refractivity contribution in [2.45, 2.75) is 51.6 Å². The van der Waals surface area contributed by atoms with Gasteiger partial charge in [0.1, 0.15) is 0 Å². The maximum Gasteiger partial charge on any atom is 0.0673 e. The first-order valence-electron chi connectivity index (χ1n) is 4.45. The quantitative estimate of drug-likeness (QED) is 0.627. The summed E-state index contributed by atoms with van der Waals surface area (Å²) in [5.41, 5.74) is -0.297. The van der Waals surface area contributed by atoms with Crippen LogP contribution in [-0.2, 0) is 0 Å². The molecule has 0 aromatic carbocycles. The molecule has 2 unspecified atom stereocenters. The smallest absolute Gasteiger partial charge is 0.0673 e. The molecule has 2 atom stereocenters. The van der Waals surface area contributed by atoms with Crippen molar-refractivity contribution in [2.75, 3.05) is 0 Å². The fraction of sp³-hybridized carbons (Fsp3) is 1.00. The van der Waals surface area contributed by atoms with Crippen molar-refractivity contribution in [3.8, 4) is 0 Å². The van der Waals surface area contributed by atoms with Gasteiger partial charge in [-0.05, 0) is 25.2 Å². The van der Waals surface area contributed by atoms with Gasteiger partial charge in [0.05, 0.1) is 5.60 Å². The minimum absolute atomic E-state index is 0.297. The molecular formula is C9H18O. The van der Waals surface area contributed by atoms with E-state index in [9.17, 15) is 5.11 Å². The number of hydrogen-bond acceptors (Lipinski definition) is 1. The average molecular weight is 142 g/mol. The summed E-state index contributed by atoms with van der Waals surface area (Å²) >= 11 is 0. The summed E-state index contributed by atoms with van der Waals surface area (Å²) in [4.78, 5) is 0. The Bertz CT molecular complexity index is 111. The molecule has 1 heteroatoms. The minimum atomic E-state index is -0.297. The van der Waals surface area contributed by atoms with Gasteiger partial charge in [0.2, 0.25) is 0 Å². The van der Waals surface area contributed by atoms with Gasteiger partial charge in [-0.25, -0.2) is 0 Å². The van der Waals surface area contributed by atoms with E-state index in [-0.39, 0.29) is 5.60 Å². The zero-order valence-electron chi connectivity index (χ0n) is 7.06. The van der Waals surface area contributed by atoms with Crippen LogP contribution in [0.4, 0.5) is 0 Å². The number of hydrogen-bond donors (Lipinski definition) is 1. The normalized spacial score (nSPS) is 40.5. The zero-order chi connectivity index (χ0) is 7.61. The van der Waals surface area contributed by atoms with Crippen molar-refractivity contribution in [2.24, 2.45) is 5.92 Å². The molecule has 0 saturated heterocycles. The molecule has 1 nitrogen and oxygen atoms in total. The van der Waals surface area contributed by atoms with Gasteiger partial charge in [-0.2, -0.15) is 0 Å². The first kappa shape index (κ1) is 8.06. The van der Waals surface area contributed by atoms with Crippen molar-refractivity contribution in [1.82, 2.24) is 0 Å². The van der Waals surface area contributed by atoms with Crippen LogP contribution in [0.3, 0.4) is 0 Å². The Morgan fingerprint density at radius 2 is 2.20 bits per heavy atom. The summed E-state index contributed by atoms with van der Waals surface area (Å²) in [5.74, 6) is 0.581. The second kappa shape index (κ2) is 2.91. The maximum atomic E-state index is 9.96. The van der Waals surface area contributed by atoms with Crippen LogP contribution in [0.5, 0.6) is 0 Å². The van der Waals surface area contributed by atoms with E-state index >= 15 is 0 Å². The lowest BCUT2D eigenvalue weighted by Crippen LogP contribution is -2.31. The van der Waals surface area contributed by atoms with Crippen LogP contribution in [0.1, 0.15) is 46.0 Å². The minimum Gasteiger partial charge on any atom is -0.390 e. The van der Waals surface area contributed by atoms with Crippen LogP contribution in [0.25, 0.3) is 0 Å². The molecule has 0 heterocycles. The Morgan fingerprint density at radius 1 is 1.50 bits per heavy atom. The molecule has 0 aliphatic heterocycles. The summed E-state index contributed by atoms with van der Waals surface area (Å²) in [6.45, 7) is 4.27. The van der Waals surface area contributed by atoms with E-state index in [0.717, 1.165) is 19.3 Å². The number of aliphatic hydroxyl groups is 1. The van der Waals surface area contributed by atoms with Gasteiger partial charge < -0.3 is 5.11 Å². The Morgan fingerprint density at radius 3 is 2.60 bits per heavy atom. The molecule has 1 aliphatic rings. The molecule has 1 rings (SSSR count). The summed E-state index contributed by atoms with van der Waals surface area (Å²) in [7, 11) is 0. The largest absolute Gasteiger partial charge is 0.390 e. The fourth-order valence-corrected chi connectivity index (χ4v) is 2.18. The summed E-state index contributed by atoms with van der Waals surface area (Å²) < 4.78 is 0. The lowest BCUT2D eigenvalue weighted by molar-refractivity contribution is -0.00241. The predicted octanol–water partition coefficient (Wildman–Crippen LogP) is 2.34. The molecule has 1 fully saturated rings. The molecule has 0 radical (unpaired) electrons. The SMILES string of the molecule is CCC1CCCC1(O)CC. The van der Waals surface area contributed by atoms with E-state index in [1.165, 1.54) is 12.8 Å². The highest BCUT2D eigenvalue weighted by atomic mass is 16.3. The maximum absolute atomic E-state index is 9.96. The van der Waals surface area contributed by atoms with Crippen LogP contribution >= 0.6 is 0 Å². The van der Waals surface area contributed by atoms with Crippen LogP contribution in [0.2, 0.25) is 0 Å². The van der Waals surface area contributed by atoms with E-state index < -0.39 is 0 Å². The molecule has 0 spiro atoms. The van der Waals surface area contributed by atoms with Gasteiger partial charge in [-0.3, -0.25) is 0 Å². The Kier molecular flexibility index (Phi) is 2.35. The van der Waals surface area contributed by atoms with Gasteiger partial charge in [0.15, 0.2) is 0 Å². The highest BCUT2D eigenvalue weighted by molar-refractivity contribution is 4.90. The Hall–Kier alpha value is -0.0400. The molecule has 60 valence electrons. The molecular weight excluding hydrogens is 124 g/mol. The first-order valence-corrected chi connectivity index (χ1v) is 4.45. The van der Waals surface area contributed by atoms with Crippen LogP contribution < -0.4 is 0 Å². The van der Waals surface area contributed by atoms with Crippen molar-refractivity contribution < 1.29 is 5.11 Å². The number of rotatable bonds is 2. The fourth-order valence-electron chi connectivity index (χ4n) is 2.18. The van der Waals surface area contributed by atoms with Crippen molar-refractivity contribution in [3.63, 3.8) is 0 Å². The lowest BCUT2D eigenvalue weighted by Gasteiger charge is -2.27. The molecule has 1 saturated carbocycles. The van der Waals surface area contributed by atoms with E-state index in [4.69, 9.17) is 0 Å². The van der Waals surface area contributed by atoms with E-state index in [2.05, 4.69) is 13.8 Å². The Labute approximate surface area is 63.4 Å². The molecule has 0 bridgehead atoms. The molecule has 1 N–H and O–H groups in total. The third kappa shape index (κ3) is 1.20. The molecule has 1 aliphatic carbocycles. The molecule has 10 heavy (non-hydrogen) atoms. The van der Waals surface area contributed by atoms with Crippen LogP contribution in [0, 0.1) is 5.92 Å². The van der Waals surface area contributed by atoms with Crippen molar-refractivity contribution >= 4 is 0 Å². The highest BCUT2D eigenvalue weighted by Crippen LogP contribution is 2.39. The van der Waals surface area contributed by atoms with Gasteiger partial charge in [-0.15, -0.1) is 0 Å². The van der Waals surface area contributed by atoms with E-state index in [0.29, 0.717) is 5.92 Å².